The Morgan fingerprint density at radius 2 is 1.82 bits per heavy atom. The van der Waals surface area contributed by atoms with Crippen LogP contribution in [0.15, 0.2) is 35.7 Å². The maximum Gasteiger partial charge on any atom is 0.317 e. The second-order valence-electron chi connectivity index (χ2n) is 7.44. The van der Waals surface area contributed by atoms with Crippen molar-refractivity contribution in [2.45, 2.75) is 26.3 Å². The number of carbonyl (C=O) groups excluding carboxylic acids is 2. The molecule has 9 heteroatoms. The first-order valence-electron chi connectivity index (χ1n) is 11.0. The first kappa shape index (κ1) is 26.5. The Morgan fingerprint density at radius 1 is 1.03 bits per heavy atom. The van der Waals surface area contributed by atoms with Gasteiger partial charge in [-0.1, -0.05) is 12.1 Å². The number of benzene rings is 1. The van der Waals surface area contributed by atoms with Crippen molar-refractivity contribution in [1.29, 1.82) is 0 Å². The van der Waals surface area contributed by atoms with Crippen LogP contribution in [0, 0.1) is 0 Å². The molecule has 2 aromatic rings. The molecule has 8 nitrogen and oxygen atoms in total. The number of urea groups is 1. The molecule has 0 aliphatic rings. The summed E-state index contributed by atoms with van der Waals surface area (Å²) in [6, 6.07) is 9.52. The van der Waals surface area contributed by atoms with Gasteiger partial charge in [-0.15, -0.1) is 11.3 Å². The molecular formula is C24H35N3O5S. The normalized spacial score (nSPS) is 10.5. The molecule has 2 rings (SSSR count). The average Bonchev–Trinajstić information content (AvgIpc) is 3.34. The van der Waals surface area contributed by atoms with Crippen LogP contribution < -0.4 is 14.8 Å². The predicted molar refractivity (Wildman–Crippen MR) is 130 cm³/mol. The van der Waals surface area contributed by atoms with Gasteiger partial charge < -0.3 is 29.3 Å². The van der Waals surface area contributed by atoms with Gasteiger partial charge in [-0.2, -0.15) is 0 Å². The van der Waals surface area contributed by atoms with E-state index in [4.69, 9.17) is 14.2 Å². The van der Waals surface area contributed by atoms with E-state index in [0.717, 1.165) is 10.4 Å². The highest BCUT2D eigenvalue weighted by atomic mass is 32.1. The second kappa shape index (κ2) is 14.4. The largest absolute Gasteiger partial charge is 0.493 e. The van der Waals surface area contributed by atoms with E-state index in [0.29, 0.717) is 57.1 Å². The van der Waals surface area contributed by atoms with E-state index in [1.165, 1.54) is 0 Å². The number of methoxy groups -OCH3 is 3. The summed E-state index contributed by atoms with van der Waals surface area (Å²) >= 11 is 1.61. The zero-order valence-electron chi connectivity index (χ0n) is 20.0. The molecule has 0 saturated heterocycles. The second-order valence-corrected chi connectivity index (χ2v) is 8.47. The van der Waals surface area contributed by atoms with Gasteiger partial charge in [0.05, 0.1) is 20.8 Å². The number of thiophene rings is 1. The molecule has 33 heavy (non-hydrogen) atoms. The predicted octanol–water partition coefficient (Wildman–Crippen LogP) is 3.40. The topological polar surface area (TPSA) is 80.3 Å². The number of hydrogen-bond acceptors (Lipinski definition) is 6. The summed E-state index contributed by atoms with van der Waals surface area (Å²) in [5.74, 6) is 1.24. The quantitative estimate of drug-likeness (QED) is 0.422. The molecule has 0 saturated carbocycles. The zero-order chi connectivity index (χ0) is 24.1. The molecule has 0 atom stereocenters. The summed E-state index contributed by atoms with van der Waals surface area (Å²) in [6.07, 6.45) is 1.32. The van der Waals surface area contributed by atoms with Crippen LogP contribution >= 0.6 is 11.3 Å². The van der Waals surface area contributed by atoms with Gasteiger partial charge in [-0.3, -0.25) is 4.79 Å². The monoisotopic (exact) mass is 477 g/mol. The van der Waals surface area contributed by atoms with Crippen LogP contribution in [-0.2, 0) is 22.5 Å². The van der Waals surface area contributed by atoms with Crippen molar-refractivity contribution < 1.29 is 23.8 Å². The molecular weight excluding hydrogens is 442 g/mol. The lowest BCUT2D eigenvalue weighted by Crippen LogP contribution is -2.47. The molecule has 182 valence electrons. The summed E-state index contributed by atoms with van der Waals surface area (Å²) in [6.45, 7) is 4.40. The molecule has 1 aromatic heterocycles. The maximum atomic E-state index is 13.3. The van der Waals surface area contributed by atoms with Crippen LogP contribution in [0.2, 0.25) is 0 Å². The first-order chi connectivity index (χ1) is 16.0. The molecule has 1 aromatic carbocycles. The standard InChI is InChI=1S/C24H35N3O5S/c1-5-25-24(29)27(12-7-14-30-2)18-23(28)26(17-20-8-6-15-33-20)13-11-19-9-10-21(31-3)22(16-19)32-4/h6,8-10,15-16H,5,7,11-14,17-18H2,1-4H3,(H,25,29). The maximum absolute atomic E-state index is 13.3. The Kier molecular flexibility index (Phi) is 11.5. The number of rotatable bonds is 14. The summed E-state index contributed by atoms with van der Waals surface area (Å²) in [4.78, 5) is 30.3. The number of amides is 3. The lowest BCUT2D eigenvalue weighted by Gasteiger charge is -2.27. The van der Waals surface area contributed by atoms with Crippen LogP contribution in [-0.4, -0.2) is 75.9 Å². The van der Waals surface area contributed by atoms with Crippen LogP contribution in [0.1, 0.15) is 23.8 Å². The third-order valence-electron chi connectivity index (χ3n) is 5.12. The Labute approximate surface area is 200 Å². The van der Waals surface area contributed by atoms with Gasteiger partial charge in [0.15, 0.2) is 11.5 Å². The van der Waals surface area contributed by atoms with Crippen molar-refractivity contribution in [3.05, 3.63) is 46.2 Å². The summed E-state index contributed by atoms with van der Waals surface area (Å²) in [7, 11) is 4.83. The van der Waals surface area contributed by atoms with Crippen molar-refractivity contribution in [1.82, 2.24) is 15.1 Å². The van der Waals surface area contributed by atoms with E-state index in [-0.39, 0.29) is 18.5 Å². The molecule has 3 amide bonds. The van der Waals surface area contributed by atoms with Gasteiger partial charge in [0.2, 0.25) is 5.91 Å². The number of hydrogen-bond donors (Lipinski definition) is 1. The summed E-state index contributed by atoms with van der Waals surface area (Å²) in [5, 5.41) is 4.79. The number of nitrogens with one attached hydrogen (secondary N) is 1. The zero-order valence-corrected chi connectivity index (χ0v) is 20.8. The minimum atomic E-state index is -0.238. The molecule has 0 bridgehead atoms. The molecule has 0 spiro atoms. The molecule has 1 heterocycles. The van der Waals surface area contributed by atoms with E-state index in [1.54, 1.807) is 37.6 Å². The van der Waals surface area contributed by atoms with Gasteiger partial charge in [-0.25, -0.2) is 4.79 Å². The molecule has 0 aliphatic heterocycles. The molecule has 0 aliphatic carbocycles. The third kappa shape index (κ3) is 8.58. The van der Waals surface area contributed by atoms with Crippen molar-refractivity contribution >= 4 is 23.3 Å². The van der Waals surface area contributed by atoms with Crippen LogP contribution in [0.3, 0.4) is 0 Å². The van der Waals surface area contributed by atoms with Gasteiger partial charge in [-0.05, 0) is 48.9 Å². The minimum absolute atomic E-state index is 0.0207. The van der Waals surface area contributed by atoms with E-state index < -0.39 is 0 Å². The van der Waals surface area contributed by atoms with Gasteiger partial charge in [0.25, 0.3) is 0 Å². The van der Waals surface area contributed by atoms with Crippen molar-refractivity contribution in [2.75, 3.05) is 54.1 Å². The smallest absolute Gasteiger partial charge is 0.317 e. The number of ether oxygens (including phenoxy) is 3. The summed E-state index contributed by atoms with van der Waals surface area (Å²) < 4.78 is 15.8. The van der Waals surface area contributed by atoms with Gasteiger partial charge >= 0.3 is 6.03 Å². The highest BCUT2D eigenvalue weighted by Crippen LogP contribution is 2.27. The molecule has 0 radical (unpaired) electrons. The fourth-order valence-corrected chi connectivity index (χ4v) is 4.08. The lowest BCUT2D eigenvalue weighted by molar-refractivity contribution is -0.132. The highest BCUT2D eigenvalue weighted by molar-refractivity contribution is 7.09. The van der Waals surface area contributed by atoms with Gasteiger partial charge in [0.1, 0.15) is 6.54 Å². The fourth-order valence-electron chi connectivity index (χ4n) is 3.36. The molecule has 0 fully saturated rings. The summed E-state index contributed by atoms with van der Waals surface area (Å²) in [5.41, 5.74) is 1.04. The highest BCUT2D eigenvalue weighted by Gasteiger charge is 2.21. The first-order valence-corrected chi connectivity index (χ1v) is 11.9. The van der Waals surface area contributed by atoms with Crippen LogP contribution in [0.4, 0.5) is 4.79 Å². The van der Waals surface area contributed by atoms with Crippen LogP contribution in [0.5, 0.6) is 11.5 Å². The molecule has 0 unspecified atom stereocenters. The number of carbonyl (C=O) groups is 2. The van der Waals surface area contributed by atoms with Crippen LogP contribution in [0.25, 0.3) is 0 Å². The third-order valence-corrected chi connectivity index (χ3v) is 5.98. The Balaban J connectivity index is 2.12. The van der Waals surface area contributed by atoms with Crippen molar-refractivity contribution in [3.8, 4) is 11.5 Å². The lowest BCUT2D eigenvalue weighted by atomic mass is 10.1. The Hall–Kier alpha value is -2.78. The van der Waals surface area contributed by atoms with E-state index in [1.807, 2.05) is 47.5 Å². The van der Waals surface area contributed by atoms with Crippen molar-refractivity contribution in [2.24, 2.45) is 0 Å². The van der Waals surface area contributed by atoms with Crippen molar-refractivity contribution in [3.63, 3.8) is 0 Å². The fraction of sp³-hybridized carbons (Fsp3) is 0.500. The molecule has 1 N–H and O–H groups in total. The Bertz CT molecular complexity index is 860. The number of nitrogens with zero attached hydrogens (tertiary/aromatic N) is 2. The van der Waals surface area contributed by atoms with E-state index in [2.05, 4.69) is 5.32 Å². The van der Waals surface area contributed by atoms with E-state index in [9.17, 15) is 9.59 Å². The Morgan fingerprint density at radius 3 is 2.45 bits per heavy atom. The average molecular weight is 478 g/mol. The van der Waals surface area contributed by atoms with E-state index >= 15 is 0 Å². The SMILES string of the molecule is CCNC(=O)N(CCCOC)CC(=O)N(CCc1ccc(OC)c(OC)c1)Cc1cccs1. The van der Waals surface area contributed by atoms with Gasteiger partial charge in [0, 0.05) is 38.2 Å². The minimum Gasteiger partial charge on any atom is -0.493 e.